The molecule has 1 atom stereocenters. The summed E-state index contributed by atoms with van der Waals surface area (Å²) in [6.45, 7) is 3.70. The van der Waals surface area contributed by atoms with Crippen molar-refractivity contribution in [2.75, 3.05) is 19.6 Å². The fourth-order valence-electron chi connectivity index (χ4n) is 3.60. The van der Waals surface area contributed by atoms with Crippen molar-refractivity contribution in [3.05, 3.63) is 29.3 Å². The van der Waals surface area contributed by atoms with E-state index in [-0.39, 0.29) is 27.8 Å². The summed E-state index contributed by atoms with van der Waals surface area (Å²) < 4.78 is 26.3. The van der Waals surface area contributed by atoms with Crippen molar-refractivity contribution in [1.82, 2.24) is 9.21 Å². The van der Waals surface area contributed by atoms with Gasteiger partial charge in [0, 0.05) is 24.7 Å². The van der Waals surface area contributed by atoms with Crippen LogP contribution in [-0.4, -0.2) is 55.1 Å². The first-order valence-corrected chi connectivity index (χ1v) is 9.93. The van der Waals surface area contributed by atoms with Crippen molar-refractivity contribution in [3.63, 3.8) is 0 Å². The zero-order valence-corrected chi connectivity index (χ0v) is 14.9. The number of hydrogen-bond acceptors (Lipinski definition) is 5. The lowest BCUT2D eigenvalue weighted by Gasteiger charge is -2.22. The lowest BCUT2D eigenvalue weighted by Crippen LogP contribution is -2.34. The van der Waals surface area contributed by atoms with E-state index in [0.717, 1.165) is 10.7 Å². The quantitative estimate of drug-likeness (QED) is 0.856. The van der Waals surface area contributed by atoms with E-state index in [9.17, 15) is 18.0 Å². The van der Waals surface area contributed by atoms with Gasteiger partial charge in [0.2, 0.25) is 0 Å². The molecule has 1 aromatic rings. The van der Waals surface area contributed by atoms with Crippen LogP contribution in [0.15, 0.2) is 23.1 Å². The molecule has 4 rings (SSSR count). The second-order valence-corrected chi connectivity index (χ2v) is 9.32. The largest absolute Gasteiger partial charge is 0.338 e. The van der Waals surface area contributed by atoms with Crippen molar-refractivity contribution >= 4 is 21.8 Å². The van der Waals surface area contributed by atoms with E-state index in [0.29, 0.717) is 38.0 Å². The molecule has 1 unspecified atom stereocenters. The zero-order chi connectivity index (χ0) is 18.0. The van der Waals surface area contributed by atoms with E-state index in [1.165, 1.54) is 12.1 Å². The van der Waals surface area contributed by atoms with E-state index < -0.39 is 15.9 Å². The normalized spacial score (nSPS) is 27.7. The SMILES string of the molecule is CC1(CN)CCN(C(=O)c2ccc3c(c2)S(=O)(=O)N(C2CC2)C3=O)C1. The number of nitrogens with zero attached hydrogens (tertiary/aromatic N) is 2. The van der Waals surface area contributed by atoms with Crippen molar-refractivity contribution in [2.45, 2.75) is 37.1 Å². The summed E-state index contributed by atoms with van der Waals surface area (Å²) in [5.41, 5.74) is 6.15. The molecule has 0 spiro atoms. The first-order valence-electron chi connectivity index (χ1n) is 8.49. The Kier molecular flexibility index (Phi) is 3.49. The number of carbonyl (C=O) groups is 2. The highest BCUT2D eigenvalue weighted by molar-refractivity contribution is 7.90. The number of benzene rings is 1. The Bertz CT molecular complexity index is 878. The molecule has 2 aliphatic heterocycles. The third kappa shape index (κ3) is 2.46. The Hall–Kier alpha value is -1.93. The summed E-state index contributed by atoms with van der Waals surface area (Å²) >= 11 is 0. The van der Waals surface area contributed by atoms with Crippen molar-refractivity contribution in [3.8, 4) is 0 Å². The van der Waals surface area contributed by atoms with Gasteiger partial charge in [-0.15, -0.1) is 0 Å². The molecule has 2 fully saturated rings. The lowest BCUT2D eigenvalue weighted by molar-refractivity contribution is 0.0775. The summed E-state index contributed by atoms with van der Waals surface area (Å²) in [6.07, 6.45) is 2.23. The van der Waals surface area contributed by atoms with Crippen LogP contribution in [-0.2, 0) is 10.0 Å². The molecule has 0 aromatic heterocycles. The first kappa shape index (κ1) is 16.5. The number of likely N-dealkylation sites (tertiary alicyclic amines) is 1. The maximum atomic E-state index is 12.8. The topological polar surface area (TPSA) is 101 Å². The number of hydrogen-bond donors (Lipinski definition) is 1. The van der Waals surface area contributed by atoms with Crippen LogP contribution < -0.4 is 5.73 Å². The van der Waals surface area contributed by atoms with Crippen LogP contribution >= 0.6 is 0 Å². The first-order chi connectivity index (χ1) is 11.8. The van der Waals surface area contributed by atoms with Gasteiger partial charge in [-0.1, -0.05) is 6.92 Å². The molecule has 2 heterocycles. The summed E-state index contributed by atoms with van der Waals surface area (Å²) in [5, 5.41) is 0. The van der Waals surface area contributed by atoms with Crippen LogP contribution in [0, 0.1) is 5.41 Å². The fourth-order valence-corrected chi connectivity index (χ4v) is 5.44. The molecule has 7 nitrogen and oxygen atoms in total. The third-order valence-corrected chi connectivity index (χ3v) is 7.29. The van der Waals surface area contributed by atoms with E-state index in [1.807, 2.05) is 6.92 Å². The molecule has 3 aliphatic rings. The molecule has 25 heavy (non-hydrogen) atoms. The second kappa shape index (κ2) is 5.28. The minimum absolute atomic E-state index is 0.0453. The van der Waals surface area contributed by atoms with Gasteiger partial charge in [0.1, 0.15) is 4.90 Å². The number of nitrogens with two attached hydrogens (primary N) is 1. The highest BCUT2D eigenvalue weighted by Crippen LogP contribution is 2.40. The van der Waals surface area contributed by atoms with Gasteiger partial charge in [-0.2, -0.15) is 0 Å². The fraction of sp³-hybridized carbons (Fsp3) is 0.529. The monoisotopic (exact) mass is 363 g/mol. The molecule has 2 amide bonds. The molecule has 134 valence electrons. The minimum Gasteiger partial charge on any atom is -0.338 e. The van der Waals surface area contributed by atoms with Gasteiger partial charge in [-0.05, 0) is 49.4 Å². The van der Waals surface area contributed by atoms with E-state index in [2.05, 4.69) is 0 Å². The van der Waals surface area contributed by atoms with Crippen LogP contribution in [0.3, 0.4) is 0 Å². The number of sulfonamides is 1. The highest BCUT2D eigenvalue weighted by atomic mass is 32.2. The predicted octanol–water partition coefficient (Wildman–Crippen LogP) is 0.804. The molecule has 1 aliphatic carbocycles. The average molecular weight is 363 g/mol. The van der Waals surface area contributed by atoms with Crippen molar-refractivity contribution in [2.24, 2.45) is 11.1 Å². The Labute approximate surface area is 146 Å². The smallest absolute Gasteiger partial charge is 0.269 e. The zero-order valence-electron chi connectivity index (χ0n) is 14.1. The van der Waals surface area contributed by atoms with Gasteiger partial charge in [0.15, 0.2) is 0 Å². The molecular formula is C17H21N3O4S. The van der Waals surface area contributed by atoms with Gasteiger partial charge < -0.3 is 10.6 Å². The van der Waals surface area contributed by atoms with Gasteiger partial charge >= 0.3 is 0 Å². The standard InChI is InChI=1S/C17H21N3O4S/c1-17(9-18)6-7-19(10-17)15(21)11-2-5-13-14(8-11)25(23,24)20(16(13)22)12-3-4-12/h2,5,8,12H,3-4,6-7,9-10,18H2,1H3. The van der Waals surface area contributed by atoms with Gasteiger partial charge in [0.25, 0.3) is 21.8 Å². The molecule has 2 N–H and O–H groups in total. The van der Waals surface area contributed by atoms with E-state index in [4.69, 9.17) is 5.73 Å². The maximum absolute atomic E-state index is 12.8. The summed E-state index contributed by atoms with van der Waals surface area (Å²) in [4.78, 5) is 26.8. The Morgan fingerprint density at radius 2 is 2.08 bits per heavy atom. The van der Waals surface area contributed by atoms with E-state index in [1.54, 1.807) is 11.0 Å². The van der Waals surface area contributed by atoms with Crippen LogP contribution in [0.4, 0.5) is 0 Å². The van der Waals surface area contributed by atoms with Gasteiger partial charge in [-0.3, -0.25) is 9.59 Å². The average Bonchev–Trinajstić information content (AvgIpc) is 3.30. The molecule has 1 saturated carbocycles. The van der Waals surface area contributed by atoms with Crippen LogP contribution in [0.5, 0.6) is 0 Å². The summed E-state index contributed by atoms with van der Waals surface area (Å²) in [7, 11) is -3.85. The molecule has 8 heteroatoms. The summed E-state index contributed by atoms with van der Waals surface area (Å²) in [6, 6.07) is 4.13. The van der Waals surface area contributed by atoms with Crippen LogP contribution in [0.25, 0.3) is 0 Å². The van der Waals surface area contributed by atoms with E-state index >= 15 is 0 Å². The number of carbonyl (C=O) groups excluding carboxylic acids is 2. The maximum Gasteiger partial charge on any atom is 0.269 e. The van der Waals surface area contributed by atoms with Crippen LogP contribution in [0.1, 0.15) is 46.9 Å². The van der Waals surface area contributed by atoms with Gasteiger partial charge in [0.05, 0.1) is 5.56 Å². The van der Waals surface area contributed by atoms with Crippen molar-refractivity contribution in [1.29, 1.82) is 0 Å². The van der Waals surface area contributed by atoms with Crippen molar-refractivity contribution < 1.29 is 18.0 Å². The molecule has 0 bridgehead atoms. The Balaban J connectivity index is 1.66. The molecule has 1 aromatic carbocycles. The minimum atomic E-state index is -3.85. The molecule has 0 radical (unpaired) electrons. The van der Waals surface area contributed by atoms with Gasteiger partial charge in [-0.25, -0.2) is 12.7 Å². The second-order valence-electron chi connectivity index (χ2n) is 7.54. The molecule has 1 saturated heterocycles. The third-order valence-electron chi connectivity index (χ3n) is 5.41. The highest BCUT2D eigenvalue weighted by Gasteiger charge is 2.49. The Morgan fingerprint density at radius 1 is 1.36 bits per heavy atom. The Morgan fingerprint density at radius 3 is 2.68 bits per heavy atom. The number of amides is 2. The van der Waals surface area contributed by atoms with Crippen LogP contribution in [0.2, 0.25) is 0 Å². The lowest BCUT2D eigenvalue weighted by atomic mass is 9.90. The molecular weight excluding hydrogens is 342 g/mol. The summed E-state index contributed by atoms with van der Waals surface area (Å²) in [5.74, 6) is -0.694. The number of rotatable bonds is 3. The number of fused-ring (bicyclic) bond motifs is 1. The predicted molar refractivity (Wildman–Crippen MR) is 90.5 cm³/mol.